The average molecular weight is 364 g/mol. The third-order valence-corrected chi connectivity index (χ3v) is 4.66. The summed E-state index contributed by atoms with van der Waals surface area (Å²) < 4.78 is 18.4. The van der Waals surface area contributed by atoms with Gasteiger partial charge in [-0.3, -0.25) is 0 Å². The van der Waals surface area contributed by atoms with Crippen molar-refractivity contribution in [3.05, 3.63) is 71.2 Å². The molecule has 0 radical (unpaired) electrons. The first-order valence-corrected chi connectivity index (χ1v) is 8.88. The lowest BCUT2D eigenvalue weighted by molar-refractivity contribution is 0.367. The number of ether oxygens (including phenoxy) is 1. The number of fused-ring (bicyclic) bond motifs is 1. The number of benzene rings is 2. The summed E-state index contributed by atoms with van der Waals surface area (Å²) in [6.45, 7) is 3.27. The summed E-state index contributed by atoms with van der Waals surface area (Å²) in [5, 5.41) is 1.15. The molecule has 4 rings (SSSR count). The molecule has 2 heterocycles. The highest BCUT2D eigenvalue weighted by Gasteiger charge is 2.21. The standard InChI is InChI=1S/C21H21FN4O/c1-14-3-8-18-16(11-14)12-19(24-18)20-25-21(27-2)23-13-26(20)10-9-15-4-6-17(22)7-5-15/h3-8,11-12,24H,9-10,13H2,1-2H3. The van der Waals surface area contributed by atoms with Crippen molar-refractivity contribution in [1.82, 2.24) is 9.88 Å². The van der Waals surface area contributed by atoms with Crippen molar-refractivity contribution in [2.45, 2.75) is 13.3 Å². The molecule has 0 spiro atoms. The molecule has 0 bridgehead atoms. The van der Waals surface area contributed by atoms with E-state index in [4.69, 9.17) is 4.74 Å². The average Bonchev–Trinajstić information content (AvgIpc) is 3.10. The summed E-state index contributed by atoms with van der Waals surface area (Å²) in [7, 11) is 1.57. The molecule has 1 N–H and O–H groups in total. The Morgan fingerprint density at radius 1 is 1.15 bits per heavy atom. The van der Waals surface area contributed by atoms with E-state index >= 15 is 0 Å². The molecule has 1 aromatic heterocycles. The van der Waals surface area contributed by atoms with Gasteiger partial charge in [0.15, 0.2) is 5.84 Å². The number of amidine groups is 2. The van der Waals surface area contributed by atoms with Gasteiger partial charge in [0.05, 0.1) is 12.8 Å². The Hall–Kier alpha value is -3.15. The van der Waals surface area contributed by atoms with Crippen molar-refractivity contribution in [2.24, 2.45) is 9.98 Å². The maximum Gasteiger partial charge on any atom is 0.315 e. The molecule has 5 nitrogen and oxygen atoms in total. The van der Waals surface area contributed by atoms with Crippen LogP contribution < -0.4 is 0 Å². The van der Waals surface area contributed by atoms with E-state index in [1.165, 1.54) is 17.7 Å². The number of aryl methyl sites for hydroxylation is 1. The number of hydrogen-bond donors (Lipinski definition) is 1. The zero-order chi connectivity index (χ0) is 18.8. The number of aromatic amines is 1. The van der Waals surface area contributed by atoms with E-state index in [0.29, 0.717) is 12.7 Å². The highest BCUT2D eigenvalue weighted by atomic mass is 19.1. The molecule has 0 aliphatic carbocycles. The second kappa shape index (κ2) is 7.23. The van der Waals surface area contributed by atoms with E-state index in [1.807, 2.05) is 12.1 Å². The highest BCUT2D eigenvalue weighted by Crippen LogP contribution is 2.20. The molecule has 6 heteroatoms. The van der Waals surface area contributed by atoms with Crippen molar-refractivity contribution in [2.75, 3.05) is 20.3 Å². The van der Waals surface area contributed by atoms with Gasteiger partial charge in [-0.25, -0.2) is 9.38 Å². The maximum absolute atomic E-state index is 13.1. The molecule has 1 aliphatic rings. The lowest BCUT2D eigenvalue weighted by Gasteiger charge is -2.26. The molecule has 0 saturated carbocycles. The van der Waals surface area contributed by atoms with E-state index in [1.54, 1.807) is 7.11 Å². The Morgan fingerprint density at radius 2 is 1.96 bits per heavy atom. The quantitative estimate of drug-likeness (QED) is 0.764. The first kappa shape index (κ1) is 17.3. The fourth-order valence-electron chi connectivity index (χ4n) is 3.21. The fraction of sp³-hybridized carbons (Fsp3) is 0.238. The Bertz CT molecular complexity index is 1020. The molecule has 0 amide bonds. The number of methoxy groups -OCH3 is 1. The molecular formula is C21H21FN4O. The van der Waals surface area contributed by atoms with Gasteiger partial charge < -0.3 is 14.6 Å². The predicted molar refractivity (Wildman–Crippen MR) is 106 cm³/mol. The molecule has 0 fully saturated rings. The van der Waals surface area contributed by atoms with Gasteiger partial charge >= 0.3 is 6.02 Å². The first-order chi connectivity index (χ1) is 13.1. The van der Waals surface area contributed by atoms with Crippen LogP contribution in [-0.2, 0) is 11.2 Å². The summed E-state index contributed by atoms with van der Waals surface area (Å²) in [6, 6.07) is 15.4. The Balaban J connectivity index is 1.61. The number of rotatable bonds is 4. The van der Waals surface area contributed by atoms with Crippen LogP contribution in [0.2, 0.25) is 0 Å². The third-order valence-electron chi connectivity index (χ3n) is 4.66. The predicted octanol–water partition coefficient (Wildman–Crippen LogP) is 3.88. The van der Waals surface area contributed by atoms with E-state index in [0.717, 1.165) is 41.0 Å². The molecule has 0 saturated heterocycles. The molecule has 27 heavy (non-hydrogen) atoms. The SMILES string of the molecule is COC1=NCN(CCc2ccc(F)cc2)C(c2cc3cc(C)ccc3[nH]2)=N1. The molecule has 1 aliphatic heterocycles. The molecule has 0 atom stereocenters. The van der Waals surface area contributed by atoms with E-state index < -0.39 is 0 Å². The van der Waals surface area contributed by atoms with Gasteiger partial charge in [0.2, 0.25) is 0 Å². The number of H-pyrrole nitrogens is 1. The minimum atomic E-state index is -0.221. The summed E-state index contributed by atoms with van der Waals surface area (Å²) in [6.07, 6.45) is 0.774. The van der Waals surface area contributed by atoms with E-state index in [2.05, 4.69) is 51.1 Å². The van der Waals surface area contributed by atoms with E-state index in [9.17, 15) is 4.39 Å². The van der Waals surface area contributed by atoms with E-state index in [-0.39, 0.29) is 5.82 Å². The van der Waals surface area contributed by atoms with Gasteiger partial charge in [-0.05, 0) is 49.2 Å². The zero-order valence-corrected chi connectivity index (χ0v) is 15.4. The van der Waals surface area contributed by atoms with Crippen LogP contribution >= 0.6 is 0 Å². The van der Waals surface area contributed by atoms with Crippen LogP contribution in [0.4, 0.5) is 4.39 Å². The molecule has 138 valence electrons. The molecular weight excluding hydrogens is 343 g/mol. The summed E-state index contributed by atoms with van der Waals surface area (Å²) >= 11 is 0. The highest BCUT2D eigenvalue weighted by molar-refractivity contribution is 6.07. The van der Waals surface area contributed by atoms with Gasteiger partial charge in [-0.2, -0.15) is 4.99 Å². The van der Waals surface area contributed by atoms with Crippen molar-refractivity contribution in [3.63, 3.8) is 0 Å². The zero-order valence-electron chi connectivity index (χ0n) is 15.4. The molecule has 2 aromatic carbocycles. The summed E-state index contributed by atoms with van der Waals surface area (Å²) in [5.41, 5.74) is 4.29. The van der Waals surface area contributed by atoms with Crippen LogP contribution in [0.1, 0.15) is 16.8 Å². The van der Waals surface area contributed by atoms with Crippen molar-refractivity contribution < 1.29 is 9.13 Å². The minimum absolute atomic E-state index is 0.221. The lowest BCUT2D eigenvalue weighted by atomic mass is 10.1. The van der Waals surface area contributed by atoms with Crippen molar-refractivity contribution in [3.8, 4) is 0 Å². The van der Waals surface area contributed by atoms with Crippen LogP contribution in [0, 0.1) is 12.7 Å². The number of aromatic nitrogens is 1. The smallest absolute Gasteiger partial charge is 0.315 e. The van der Waals surface area contributed by atoms with Gasteiger partial charge in [-0.15, -0.1) is 0 Å². The van der Waals surface area contributed by atoms with Gasteiger partial charge in [0.1, 0.15) is 12.5 Å². The van der Waals surface area contributed by atoms with Crippen LogP contribution in [0.3, 0.4) is 0 Å². The summed E-state index contributed by atoms with van der Waals surface area (Å²) in [5.74, 6) is 0.583. The Kier molecular flexibility index (Phi) is 4.62. The lowest BCUT2D eigenvalue weighted by Crippen LogP contribution is -2.38. The van der Waals surface area contributed by atoms with Gasteiger partial charge in [0, 0.05) is 17.4 Å². The number of halogens is 1. The molecule has 0 unspecified atom stereocenters. The third kappa shape index (κ3) is 3.69. The fourth-order valence-corrected chi connectivity index (χ4v) is 3.21. The van der Waals surface area contributed by atoms with Gasteiger partial charge in [0.25, 0.3) is 0 Å². The van der Waals surface area contributed by atoms with Crippen LogP contribution in [0.25, 0.3) is 10.9 Å². The van der Waals surface area contributed by atoms with Gasteiger partial charge in [-0.1, -0.05) is 23.8 Å². The Labute approximate surface area is 157 Å². The van der Waals surface area contributed by atoms with Crippen LogP contribution in [0.15, 0.2) is 58.5 Å². The topological polar surface area (TPSA) is 53.0 Å². The largest absolute Gasteiger partial charge is 0.467 e. The monoisotopic (exact) mass is 364 g/mol. The van der Waals surface area contributed by atoms with Crippen LogP contribution in [-0.4, -0.2) is 42.1 Å². The second-order valence-electron chi connectivity index (χ2n) is 6.64. The van der Waals surface area contributed by atoms with Crippen molar-refractivity contribution >= 4 is 22.8 Å². The first-order valence-electron chi connectivity index (χ1n) is 8.88. The minimum Gasteiger partial charge on any atom is -0.467 e. The normalized spacial score (nSPS) is 14.3. The maximum atomic E-state index is 13.1. The number of nitrogens with one attached hydrogen (secondary N) is 1. The van der Waals surface area contributed by atoms with Crippen molar-refractivity contribution in [1.29, 1.82) is 0 Å². The second-order valence-corrected chi connectivity index (χ2v) is 6.64. The number of nitrogens with zero attached hydrogens (tertiary/aromatic N) is 3. The molecule has 3 aromatic rings. The summed E-state index contributed by atoms with van der Waals surface area (Å²) in [4.78, 5) is 14.5. The number of aliphatic imine (C=N–C) groups is 2. The van der Waals surface area contributed by atoms with Crippen LogP contribution in [0.5, 0.6) is 0 Å². The number of hydrogen-bond acceptors (Lipinski definition) is 4. The Morgan fingerprint density at radius 3 is 2.74 bits per heavy atom.